The van der Waals surface area contributed by atoms with Crippen LogP contribution in [0.15, 0.2) is 24.3 Å². The molecule has 1 aromatic carbocycles. The number of nitrogens with zero attached hydrogens (tertiary/aromatic N) is 2. The zero-order chi connectivity index (χ0) is 16.1. The van der Waals surface area contributed by atoms with E-state index in [-0.39, 0.29) is 6.03 Å². The van der Waals surface area contributed by atoms with Gasteiger partial charge >= 0.3 is 6.03 Å². The largest absolute Gasteiger partial charge is 0.338 e. The van der Waals surface area contributed by atoms with Crippen molar-refractivity contribution in [2.45, 2.75) is 40.7 Å². The van der Waals surface area contributed by atoms with E-state index in [2.05, 4.69) is 46.9 Å². The van der Waals surface area contributed by atoms with E-state index in [0.717, 1.165) is 23.5 Å². The second kappa shape index (κ2) is 7.11. The number of carbonyl (C=O) groups excluding carboxylic acids is 1. The summed E-state index contributed by atoms with van der Waals surface area (Å²) in [6, 6.07) is 8.22. The average Bonchev–Trinajstić information content (AvgIpc) is 2.75. The van der Waals surface area contributed by atoms with Gasteiger partial charge in [0.15, 0.2) is 0 Å². The number of hydrogen-bond acceptors (Lipinski definition) is 2. The molecule has 0 aliphatic heterocycles. The van der Waals surface area contributed by atoms with Gasteiger partial charge in [0.05, 0.1) is 23.6 Å². The van der Waals surface area contributed by atoms with Gasteiger partial charge in [-0.05, 0) is 32.8 Å². The average molecular weight is 300 g/mol. The van der Waals surface area contributed by atoms with E-state index < -0.39 is 0 Å². The van der Waals surface area contributed by atoms with E-state index in [0.29, 0.717) is 13.1 Å². The third kappa shape index (κ3) is 3.87. The Labute approximate surface area is 131 Å². The minimum atomic E-state index is -0.178. The highest BCUT2D eigenvalue weighted by molar-refractivity contribution is 5.90. The molecule has 0 saturated heterocycles. The highest BCUT2D eigenvalue weighted by Gasteiger charge is 2.14. The first-order valence-corrected chi connectivity index (χ1v) is 7.65. The van der Waals surface area contributed by atoms with E-state index in [4.69, 9.17) is 0 Å². The van der Waals surface area contributed by atoms with Gasteiger partial charge in [0.25, 0.3) is 0 Å². The van der Waals surface area contributed by atoms with Crippen LogP contribution in [0.4, 0.5) is 10.5 Å². The third-order valence-corrected chi connectivity index (χ3v) is 3.61. The van der Waals surface area contributed by atoms with Crippen LogP contribution in [-0.2, 0) is 6.54 Å². The first kappa shape index (κ1) is 16.1. The Hall–Kier alpha value is -2.30. The summed E-state index contributed by atoms with van der Waals surface area (Å²) in [5.41, 5.74) is 5.02. The van der Waals surface area contributed by atoms with E-state index in [1.54, 1.807) is 0 Å². The second-order valence-corrected chi connectivity index (χ2v) is 5.57. The minimum Gasteiger partial charge on any atom is -0.338 e. The summed E-state index contributed by atoms with van der Waals surface area (Å²) in [5, 5.41) is 10.2. The molecule has 1 heterocycles. The molecule has 5 heteroatoms. The summed E-state index contributed by atoms with van der Waals surface area (Å²) >= 11 is 0. The second-order valence-electron chi connectivity index (χ2n) is 5.57. The first-order chi connectivity index (χ1) is 10.5. The van der Waals surface area contributed by atoms with Crippen LogP contribution >= 0.6 is 0 Å². The fourth-order valence-corrected chi connectivity index (χ4v) is 2.29. The number of hydrogen-bond donors (Lipinski definition) is 2. The number of nitrogens with one attached hydrogen (secondary N) is 2. The number of anilines is 1. The smallest absolute Gasteiger partial charge is 0.319 e. The quantitative estimate of drug-likeness (QED) is 0.889. The number of carbonyl (C=O) groups is 1. The molecule has 2 N–H and O–H groups in total. The van der Waals surface area contributed by atoms with E-state index in [1.165, 1.54) is 11.1 Å². The molecule has 0 aliphatic carbocycles. The molecular formula is C17H24N4O. The number of aromatic nitrogens is 2. The third-order valence-electron chi connectivity index (χ3n) is 3.61. The lowest BCUT2D eigenvalue weighted by molar-refractivity contribution is 0.252. The summed E-state index contributed by atoms with van der Waals surface area (Å²) in [6.45, 7) is 9.35. The number of rotatable bonds is 5. The molecule has 5 nitrogen and oxygen atoms in total. The van der Waals surface area contributed by atoms with Crippen molar-refractivity contribution in [2.75, 3.05) is 11.9 Å². The van der Waals surface area contributed by atoms with Crippen molar-refractivity contribution in [1.82, 2.24) is 15.1 Å². The summed E-state index contributed by atoms with van der Waals surface area (Å²) in [4.78, 5) is 11.8. The Bertz CT molecular complexity index is 643. The maximum atomic E-state index is 11.8. The van der Waals surface area contributed by atoms with E-state index in [1.807, 2.05) is 25.5 Å². The van der Waals surface area contributed by atoms with Crippen LogP contribution in [0.3, 0.4) is 0 Å². The van der Waals surface area contributed by atoms with Gasteiger partial charge in [-0.3, -0.25) is 4.68 Å². The van der Waals surface area contributed by atoms with Gasteiger partial charge in [0.2, 0.25) is 0 Å². The molecule has 2 aromatic rings. The number of urea groups is 1. The molecule has 0 unspecified atom stereocenters. The van der Waals surface area contributed by atoms with Crippen molar-refractivity contribution in [3.63, 3.8) is 0 Å². The Morgan fingerprint density at radius 3 is 2.50 bits per heavy atom. The zero-order valence-corrected chi connectivity index (χ0v) is 13.7. The predicted octanol–water partition coefficient (Wildman–Crippen LogP) is 3.39. The fraction of sp³-hybridized carbons (Fsp3) is 0.412. The number of amides is 2. The molecule has 0 radical (unpaired) electrons. The SMILES string of the molecule is CCCNC(=O)Nc1c(C)nn(Cc2ccc(C)cc2)c1C. The highest BCUT2D eigenvalue weighted by atomic mass is 16.2. The molecule has 0 bridgehead atoms. The maximum Gasteiger partial charge on any atom is 0.319 e. The maximum absolute atomic E-state index is 11.8. The minimum absolute atomic E-state index is 0.178. The lowest BCUT2D eigenvalue weighted by atomic mass is 10.1. The Morgan fingerprint density at radius 1 is 1.18 bits per heavy atom. The molecule has 0 atom stereocenters. The first-order valence-electron chi connectivity index (χ1n) is 7.65. The van der Waals surface area contributed by atoms with Crippen molar-refractivity contribution in [1.29, 1.82) is 0 Å². The molecule has 0 saturated carbocycles. The van der Waals surface area contributed by atoms with Crippen LogP contribution in [0.1, 0.15) is 35.9 Å². The molecule has 2 amide bonds. The van der Waals surface area contributed by atoms with Crippen LogP contribution in [0.25, 0.3) is 0 Å². The Kier molecular flexibility index (Phi) is 5.20. The monoisotopic (exact) mass is 300 g/mol. The molecular weight excluding hydrogens is 276 g/mol. The summed E-state index contributed by atoms with van der Waals surface area (Å²) < 4.78 is 1.93. The Morgan fingerprint density at radius 2 is 1.86 bits per heavy atom. The van der Waals surface area contributed by atoms with Gasteiger partial charge in [-0.25, -0.2) is 4.79 Å². The Balaban J connectivity index is 2.12. The lowest BCUT2D eigenvalue weighted by Crippen LogP contribution is -2.29. The van der Waals surface area contributed by atoms with Crippen molar-refractivity contribution >= 4 is 11.7 Å². The van der Waals surface area contributed by atoms with Crippen LogP contribution in [0.5, 0.6) is 0 Å². The topological polar surface area (TPSA) is 59.0 Å². The molecule has 118 valence electrons. The van der Waals surface area contributed by atoms with Gasteiger partial charge in [-0.2, -0.15) is 5.10 Å². The van der Waals surface area contributed by atoms with Crippen LogP contribution in [-0.4, -0.2) is 22.4 Å². The van der Waals surface area contributed by atoms with Crippen molar-refractivity contribution in [2.24, 2.45) is 0 Å². The van der Waals surface area contributed by atoms with Gasteiger partial charge in [0.1, 0.15) is 0 Å². The molecule has 22 heavy (non-hydrogen) atoms. The van der Waals surface area contributed by atoms with Crippen molar-refractivity contribution in [3.05, 3.63) is 46.8 Å². The number of benzene rings is 1. The van der Waals surface area contributed by atoms with Gasteiger partial charge in [-0.15, -0.1) is 0 Å². The molecule has 1 aromatic heterocycles. The van der Waals surface area contributed by atoms with E-state index in [9.17, 15) is 4.79 Å². The van der Waals surface area contributed by atoms with Gasteiger partial charge in [-0.1, -0.05) is 36.8 Å². The zero-order valence-electron chi connectivity index (χ0n) is 13.7. The van der Waals surface area contributed by atoms with Crippen molar-refractivity contribution < 1.29 is 4.79 Å². The summed E-state index contributed by atoms with van der Waals surface area (Å²) in [5.74, 6) is 0. The predicted molar refractivity (Wildman–Crippen MR) is 89.3 cm³/mol. The normalized spacial score (nSPS) is 10.5. The van der Waals surface area contributed by atoms with Crippen LogP contribution in [0, 0.1) is 20.8 Å². The summed E-state index contributed by atoms with van der Waals surface area (Å²) in [6.07, 6.45) is 0.915. The summed E-state index contributed by atoms with van der Waals surface area (Å²) in [7, 11) is 0. The molecule has 0 spiro atoms. The van der Waals surface area contributed by atoms with Crippen LogP contribution < -0.4 is 10.6 Å². The molecule has 0 aliphatic rings. The van der Waals surface area contributed by atoms with Gasteiger partial charge in [0, 0.05) is 6.54 Å². The molecule has 0 fully saturated rings. The van der Waals surface area contributed by atoms with Crippen molar-refractivity contribution in [3.8, 4) is 0 Å². The fourth-order valence-electron chi connectivity index (χ4n) is 2.29. The molecule has 2 rings (SSSR count). The highest BCUT2D eigenvalue weighted by Crippen LogP contribution is 2.20. The van der Waals surface area contributed by atoms with Crippen LogP contribution in [0.2, 0.25) is 0 Å². The van der Waals surface area contributed by atoms with Gasteiger partial charge < -0.3 is 10.6 Å². The lowest BCUT2D eigenvalue weighted by Gasteiger charge is -2.08. The number of aryl methyl sites for hydroxylation is 2. The standard InChI is InChI=1S/C17H24N4O/c1-5-10-18-17(22)19-16-13(3)20-21(14(16)4)11-15-8-6-12(2)7-9-15/h6-9H,5,10-11H2,1-4H3,(H2,18,19,22). The van der Waals surface area contributed by atoms with E-state index >= 15 is 0 Å².